The van der Waals surface area contributed by atoms with Gasteiger partial charge in [0.15, 0.2) is 5.82 Å². The first kappa shape index (κ1) is 12.1. The number of H-pyrrole nitrogens is 1. The molecule has 5 nitrogen and oxygen atoms in total. The minimum Gasteiger partial charge on any atom is -0.337 e. The maximum Gasteiger partial charge on any atom is 0.227 e. The van der Waals surface area contributed by atoms with Crippen LogP contribution in [0.25, 0.3) is 22.6 Å². The molecule has 1 amide bonds. The van der Waals surface area contributed by atoms with Crippen LogP contribution in [-0.2, 0) is 4.79 Å². The van der Waals surface area contributed by atoms with Crippen LogP contribution in [0.4, 0.5) is 5.69 Å². The Hall–Kier alpha value is -2.69. The zero-order chi connectivity index (χ0) is 14.2. The number of fused-ring (bicyclic) bond motifs is 1. The summed E-state index contributed by atoms with van der Waals surface area (Å²) in [5, 5.41) is 2.94. The van der Waals surface area contributed by atoms with E-state index >= 15 is 0 Å². The summed E-state index contributed by atoms with van der Waals surface area (Å²) in [7, 11) is 0. The lowest BCUT2D eigenvalue weighted by Gasteiger charge is -2.03. The summed E-state index contributed by atoms with van der Waals surface area (Å²) in [6, 6.07) is 11.4. The SMILES string of the molecule is O=C(Nc1ccc2nc(-c3ccccn3)[nH]c2c1)C1CC1. The average molecular weight is 278 g/mol. The Morgan fingerprint density at radius 3 is 2.90 bits per heavy atom. The van der Waals surface area contributed by atoms with Crippen molar-refractivity contribution in [1.29, 1.82) is 0 Å². The number of aromatic nitrogens is 3. The zero-order valence-electron chi connectivity index (χ0n) is 11.3. The summed E-state index contributed by atoms with van der Waals surface area (Å²) in [5.41, 5.74) is 3.36. The second-order valence-corrected chi connectivity index (χ2v) is 5.30. The van der Waals surface area contributed by atoms with Crippen molar-refractivity contribution >= 4 is 22.6 Å². The number of carbonyl (C=O) groups excluding carboxylic acids is 1. The van der Waals surface area contributed by atoms with E-state index in [0.29, 0.717) is 0 Å². The molecule has 0 unspecified atom stereocenters. The summed E-state index contributed by atoms with van der Waals surface area (Å²) >= 11 is 0. The normalized spacial score (nSPS) is 14.3. The number of carbonyl (C=O) groups is 1. The third kappa shape index (κ3) is 2.38. The van der Waals surface area contributed by atoms with Gasteiger partial charge in [0, 0.05) is 17.8 Å². The molecule has 0 spiro atoms. The molecule has 0 aliphatic heterocycles. The molecule has 1 fully saturated rings. The third-order valence-electron chi connectivity index (χ3n) is 3.61. The van der Waals surface area contributed by atoms with Crippen molar-refractivity contribution in [3.63, 3.8) is 0 Å². The monoisotopic (exact) mass is 278 g/mol. The quantitative estimate of drug-likeness (QED) is 0.773. The second-order valence-electron chi connectivity index (χ2n) is 5.30. The van der Waals surface area contributed by atoms with Gasteiger partial charge in [0.05, 0.1) is 11.0 Å². The number of hydrogen-bond donors (Lipinski definition) is 2. The van der Waals surface area contributed by atoms with Gasteiger partial charge in [-0.05, 0) is 43.2 Å². The molecule has 2 N–H and O–H groups in total. The minimum absolute atomic E-state index is 0.110. The molecule has 1 aromatic carbocycles. The van der Waals surface area contributed by atoms with Crippen LogP contribution in [0.15, 0.2) is 42.6 Å². The molecular weight excluding hydrogens is 264 g/mol. The van der Waals surface area contributed by atoms with Gasteiger partial charge in [-0.15, -0.1) is 0 Å². The Morgan fingerprint density at radius 2 is 2.14 bits per heavy atom. The van der Waals surface area contributed by atoms with Crippen molar-refractivity contribution in [1.82, 2.24) is 15.0 Å². The highest BCUT2D eigenvalue weighted by atomic mass is 16.2. The number of anilines is 1. The third-order valence-corrected chi connectivity index (χ3v) is 3.61. The maximum absolute atomic E-state index is 11.8. The Kier molecular flexibility index (Phi) is 2.70. The van der Waals surface area contributed by atoms with E-state index < -0.39 is 0 Å². The summed E-state index contributed by atoms with van der Waals surface area (Å²) in [6.07, 6.45) is 3.74. The fraction of sp³-hybridized carbons (Fsp3) is 0.188. The van der Waals surface area contributed by atoms with Crippen molar-refractivity contribution in [3.8, 4) is 11.5 Å². The zero-order valence-corrected chi connectivity index (χ0v) is 11.3. The fourth-order valence-electron chi connectivity index (χ4n) is 2.30. The maximum atomic E-state index is 11.8. The fourth-order valence-corrected chi connectivity index (χ4v) is 2.30. The first-order chi connectivity index (χ1) is 10.3. The topological polar surface area (TPSA) is 70.7 Å². The Morgan fingerprint density at radius 1 is 1.24 bits per heavy atom. The summed E-state index contributed by atoms with van der Waals surface area (Å²) in [4.78, 5) is 23.8. The standard InChI is InChI=1S/C16H14N4O/c21-16(10-4-5-10)18-11-6-7-12-14(9-11)20-15(19-12)13-3-1-2-8-17-13/h1-3,6-10H,4-5H2,(H,18,21)(H,19,20). The Bertz CT molecular complexity index is 806. The summed E-state index contributed by atoms with van der Waals surface area (Å²) in [5.74, 6) is 1.04. The van der Waals surface area contributed by atoms with Crippen LogP contribution in [0.2, 0.25) is 0 Å². The van der Waals surface area contributed by atoms with Gasteiger partial charge in [-0.1, -0.05) is 6.07 Å². The number of pyridine rings is 1. The second kappa shape index (κ2) is 4.70. The molecule has 21 heavy (non-hydrogen) atoms. The van der Waals surface area contributed by atoms with E-state index in [-0.39, 0.29) is 11.8 Å². The van der Waals surface area contributed by atoms with E-state index in [4.69, 9.17) is 0 Å². The van der Waals surface area contributed by atoms with E-state index in [9.17, 15) is 4.79 Å². The lowest BCUT2D eigenvalue weighted by molar-refractivity contribution is -0.117. The minimum atomic E-state index is 0.110. The molecule has 0 bridgehead atoms. The lowest BCUT2D eigenvalue weighted by Crippen LogP contribution is -2.12. The van der Waals surface area contributed by atoms with Crippen molar-refractivity contribution in [2.75, 3.05) is 5.32 Å². The highest BCUT2D eigenvalue weighted by Gasteiger charge is 2.29. The predicted octanol–water partition coefficient (Wildman–Crippen LogP) is 2.97. The number of rotatable bonds is 3. The highest BCUT2D eigenvalue weighted by molar-refractivity contribution is 5.95. The average Bonchev–Trinajstić information content (AvgIpc) is 3.28. The van der Waals surface area contributed by atoms with E-state index in [1.54, 1.807) is 6.20 Å². The van der Waals surface area contributed by atoms with Crippen LogP contribution < -0.4 is 5.32 Å². The number of benzene rings is 1. The van der Waals surface area contributed by atoms with Crippen LogP contribution in [0.5, 0.6) is 0 Å². The Balaban J connectivity index is 1.66. The van der Waals surface area contributed by atoms with Gasteiger partial charge in [-0.3, -0.25) is 9.78 Å². The number of aromatic amines is 1. The molecule has 0 saturated heterocycles. The smallest absolute Gasteiger partial charge is 0.227 e. The van der Waals surface area contributed by atoms with Crippen molar-refractivity contribution < 1.29 is 4.79 Å². The molecule has 2 heterocycles. The van der Waals surface area contributed by atoms with Crippen LogP contribution in [0.1, 0.15) is 12.8 Å². The highest BCUT2D eigenvalue weighted by Crippen LogP contribution is 2.30. The first-order valence-corrected chi connectivity index (χ1v) is 7.02. The molecule has 104 valence electrons. The number of imidazole rings is 1. The van der Waals surface area contributed by atoms with E-state index in [1.807, 2.05) is 36.4 Å². The van der Waals surface area contributed by atoms with Crippen molar-refractivity contribution in [2.24, 2.45) is 5.92 Å². The van der Waals surface area contributed by atoms with Gasteiger partial charge < -0.3 is 10.3 Å². The van der Waals surface area contributed by atoms with Crippen LogP contribution in [0, 0.1) is 5.92 Å². The molecule has 0 radical (unpaired) electrons. The molecule has 1 aliphatic rings. The van der Waals surface area contributed by atoms with Gasteiger partial charge in [0.2, 0.25) is 5.91 Å². The predicted molar refractivity (Wildman–Crippen MR) is 80.7 cm³/mol. The first-order valence-electron chi connectivity index (χ1n) is 7.02. The van der Waals surface area contributed by atoms with Gasteiger partial charge in [0.1, 0.15) is 5.69 Å². The number of hydrogen-bond acceptors (Lipinski definition) is 3. The number of amides is 1. The molecule has 1 aliphatic carbocycles. The van der Waals surface area contributed by atoms with Crippen molar-refractivity contribution in [2.45, 2.75) is 12.8 Å². The Labute approximate surface area is 121 Å². The molecule has 0 atom stereocenters. The molecular formula is C16H14N4O. The van der Waals surface area contributed by atoms with Gasteiger partial charge in [-0.2, -0.15) is 0 Å². The summed E-state index contributed by atoms with van der Waals surface area (Å²) in [6.45, 7) is 0. The summed E-state index contributed by atoms with van der Waals surface area (Å²) < 4.78 is 0. The van der Waals surface area contributed by atoms with Crippen LogP contribution in [-0.4, -0.2) is 20.9 Å². The van der Waals surface area contributed by atoms with Gasteiger partial charge in [-0.25, -0.2) is 4.98 Å². The van der Waals surface area contributed by atoms with E-state index in [2.05, 4.69) is 20.3 Å². The van der Waals surface area contributed by atoms with Crippen LogP contribution >= 0.6 is 0 Å². The van der Waals surface area contributed by atoms with Crippen LogP contribution in [0.3, 0.4) is 0 Å². The van der Waals surface area contributed by atoms with E-state index in [1.165, 1.54) is 0 Å². The lowest BCUT2D eigenvalue weighted by atomic mass is 10.2. The molecule has 2 aromatic heterocycles. The number of nitrogens with zero attached hydrogens (tertiary/aromatic N) is 2. The number of nitrogens with one attached hydrogen (secondary N) is 2. The molecule has 3 aromatic rings. The molecule has 5 heteroatoms. The molecule has 1 saturated carbocycles. The largest absolute Gasteiger partial charge is 0.337 e. The van der Waals surface area contributed by atoms with Gasteiger partial charge in [0.25, 0.3) is 0 Å². The van der Waals surface area contributed by atoms with Gasteiger partial charge >= 0.3 is 0 Å². The van der Waals surface area contributed by atoms with E-state index in [0.717, 1.165) is 41.1 Å². The van der Waals surface area contributed by atoms with Crippen molar-refractivity contribution in [3.05, 3.63) is 42.6 Å². The molecule has 4 rings (SSSR count).